The van der Waals surface area contributed by atoms with Gasteiger partial charge in [-0.1, -0.05) is 13.0 Å². The molecule has 4 nitrogen and oxygen atoms in total. The van der Waals surface area contributed by atoms with E-state index in [4.69, 9.17) is 15.2 Å². The third-order valence-electron chi connectivity index (χ3n) is 4.11. The molecule has 3 atom stereocenters. The van der Waals surface area contributed by atoms with Gasteiger partial charge >= 0.3 is 0 Å². The van der Waals surface area contributed by atoms with Crippen LogP contribution in [0.3, 0.4) is 0 Å². The largest absolute Gasteiger partial charge is 0.486 e. The number of hydrogen-bond acceptors (Lipinski definition) is 4. The van der Waals surface area contributed by atoms with Crippen molar-refractivity contribution in [1.29, 1.82) is 0 Å². The summed E-state index contributed by atoms with van der Waals surface area (Å²) in [4.78, 5) is 0. The molecule has 0 aromatic heterocycles. The summed E-state index contributed by atoms with van der Waals surface area (Å²) in [7, 11) is 0. The van der Waals surface area contributed by atoms with Gasteiger partial charge in [-0.25, -0.2) is 0 Å². The third-order valence-corrected chi connectivity index (χ3v) is 4.11. The van der Waals surface area contributed by atoms with E-state index >= 15 is 0 Å². The van der Waals surface area contributed by atoms with Gasteiger partial charge in [0.25, 0.3) is 0 Å². The average molecular weight is 262 g/mol. The lowest BCUT2D eigenvalue weighted by Gasteiger charge is -2.22. The maximum atomic E-state index is 5.89. The van der Waals surface area contributed by atoms with E-state index in [0.717, 1.165) is 29.9 Å². The zero-order chi connectivity index (χ0) is 13.2. The van der Waals surface area contributed by atoms with Gasteiger partial charge in [-0.3, -0.25) is 0 Å². The van der Waals surface area contributed by atoms with E-state index in [0.29, 0.717) is 19.8 Å². The first-order valence-corrected chi connectivity index (χ1v) is 7.11. The van der Waals surface area contributed by atoms with Crippen LogP contribution in [0.4, 0.5) is 0 Å². The molecule has 1 aliphatic carbocycles. The van der Waals surface area contributed by atoms with Gasteiger partial charge in [0, 0.05) is 12.6 Å². The molecule has 1 aliphatic heterocycles. The molecule has 1 aromatic rings. The Labute approximate surface area is 114 Å². The lowest BCUT2D eigenvalue weighted by molar-refractivity contribution is 0.171. The van der Waals surface area contributed by atoms with Crippen LogP contribution in [0.2, 0.25) is 0 Å². The van der Waals surface area contributed by atoms with Gasteiger partial charge < -0.3 is 20.5 Å². The quantitative estimate of drug-likeness (QED) is 0.848. The summed E-state index contributed by atoms with van der Waals surface area (Å²) in [5.74, 6) is 3.36. The number of fused-ring (bicyclic) bond motifs is 1. The molecule has 1 saturated carbocycles. The van der Waals surface area contributed by atoms with Gasteiger partial charge in [0.2, 0.25) is 0 Å². The molecule has 1 fully saturated rings. The second-order valence-electron chi connectivity index (χ2n) is 5.57. The number of rotatable bonds is 5. The fourth-order valence-electron chi connectivity index (χ4n) is 2.59. The highest BCUT2D eigenvalue weighted by Gasteiger charge is 2.32. The molecule has 2 aliphatic rings. The zero-order valence-electron chi connectivity index (χ0n) is 11.4. The second-order valence-corrected chi connectivity index (χ2v) is 5.57. The van der Waals surface area contributed by atoms with Gasteiger partial charge in [0.15, 0.2) is 11.5 Å². The molecule has 4 heteroatoms. The number of ether oxygens (including phenoxy) is 2. The van der Waals surface area contributed by atoms with E-state index in [-0.39, 0.29) is 6.04 Å². The Kier molecular flexibility index (Phi) is 3.62. The zero-order valence-corrected chi connectivity index (χ0v) is 11.4. The topological polar surface area (TPSA) is 56.5 Å². The van der Waals surface area contributed by atoms with Gasteiger partial charge in [-0.2, -0.15) is 0 Å². The first-order valence-electron chi connectivity index (χ1n) is 7.11. The first-order chi connectivity index (χ1) is 9.28. The Bertz CT molecular complexity index is 450. The average Bonchev–Trinajstić information content (AvgIpc) is 3.15. The molecule has 104 valence electrons. The van der Waals surface area contributed by atoms with Gasteiger partial charge in [0.05, 0.1) is 0 Å². The lowest BCUT2D eigenvalue weighted by atomic mass is 10.1. The van der Waals surface area contributed by atoms with Crippen LogP contribution >= 0.6 is 0 Å². The summed E-state index contributed by atoms with van der Waals surface area (Å²) >= 11 is 0. The van der Waals surface area contributed by atoms with Crippen LogP contribution in [-0.4, -0.2) is 26.3 Å². The minimum atomic E-state index is 0.198. The van der Waals surface area contributed by atoms with Crippen LogP contribution in [0.25, 0.3) is 0 Å². The molecule has 1 heterocycles. The van der Waals surface area contributed by atoms with Crippen LogP contribution in [0.1, 0.15) is 24.9 Å². The normalized spacial score (nSPS) is 26.0. The van der Waals surface area contributed by atoms with E-state index in [1.165, 1.54) is 12.0 Å². The van der Waals surface area contributed by atoms with Crippen LogP contribution in [0.15, 0.2) is 18.2 Å². The molecule has 3 rings (SSSR count). The van der Waals surface area contributed by atoms with E-state index < -0.39 is 0 Å². The summed E-state index contributed by atoms with van der Waals surface area (Å²) in [6, 6.07) is 6.31. The fraction of sp³-hybridized carbons (Fsp3) is 0.600. The summed E-state index contributed by atoms with van der Waals surface area (Å²) in [6.07, 6.45) is 1.34. The summed E-state index contributed by atoms with van der Waals surface area (Å²) < 4.78 is 11.2. The van der Waals surface area contributed by atoms with Crippen LogP contribution in [0.5, 0.6) is 11.5 Å². The van der Waals surface area contributed by atoms with Crippen LogP contribution < -0.4 is 20.5 Å². The van der Waals surface area contributed by atoms with Crippen molar-refractivity contribution < 1.29 is 9.47 Å². The van der Waals surface area contributed by atoms with Crippen LogP contribution in [-0.2, 0) is 0 Å². The monoisotopic (exact) mass is 262 g/mol. The Hall–Kier alpha value is -1.26. The molecule has 3 unspecified atom stereocenters. The highest BCUT2D eigenvalue weighted by molar-refractivity contribution is 5.44. The van der Waals surface area contributed by atoms with Crippen molar-refractivity contribution in [3.8, 4) is 11.5 Å². The van der Waals surface area contributed by atoms with E-state index in [1.54, 1.807) is 0 Å². The Morgan fingerprint density at radius 3 is 2.74 bits per heavy atom. The van der Waals surface area contributed by atoms with Crippen molar-refractivity contribution in [1.82, 2.24) is 5.32 Å². The van der Waals surface area contributed by atoms with E-state index in [9.17, 15) is 0 Å². The highest BCUT2D eigenvalue weighted by atomic mass is 16.6. The third kappa shape index (κ3) is 2.85. The minimum Gasteiger partial charge on any atom is -0.486 e. The predicted molar refractivity (Wildman–Crippen MR) is 74.5 cm³/mol. The number of hydrogen-bond donors (Lipinski definition) is 2. The Morgan fingerprint density at radius 1 is 1.32 bits per heavy atom. The van der Waals surface area contributed by atoms with Crippen molar-refractivity contribution in [2.45, 2.75) is 19.4 Å². The van der Waals surface area contributed by atoms with E-state index in [1.807, 2.05) is 6.07 Å². The smallest absolute Gasteiger partial charge is 0.161 e. The maximum absolute atomic E-state index is 5.89. The molecule has 0 radical (unpaired) electrons. The predicted octanol–water partition coefficient (Wildman–Crippen LogP) is 1.70. The van der Waals surface area contributed by atoms with Gasteiger partial charge in [-0.15, -0.1) is 0 Å². The summed E-state index contributed by atoms with van der Waals surface area (Å²) in [5.41, 5.74) is 7.07. The van der Waals surface area contributed by atoms with Crippen molar-refractivity contribution in [3.05, 3.63) is 23.8 Å². The lowest BCUT2D eigenvalue weighted by Crippen LogP contribution is -2.30. The highest BCUT2D eigenvalue weighted by Crippen LogP contribution is 2.37. The van der Waals surface area contributed by atoms with Crippen molar-refractivity contribution in [3.63, 3.8) is 0 Å². The molecule has 3 N–H and O–H groups in total. The Balaban J connectivity index is 1.67. The SMILES string of the molecule is CC1CC1CNC(CN)c1ccc2c(c1)OCCO2. The van der Waals surface area contributed by atoms with Crippen LogP contribution in [0, 0.1) is 11.8 Å². The fourth-order valence-corrected chi connectivity index (χ4v) is 2.59. The molecular weight excluding hydrogens is 240 g/mol. The molecule has 0 spiro atoms. The maximum Gasteiger partial charge on any atom is 0.161 e. The molecule has 0 bridgehead atoms. The molecule has 0 amide bonds. The molecule has 0 saturated heterocycles. The van der Waals surface area contributed by atoms with Crippen molar-refractivity contribution >= 4 is 0 Å². The second kappa shape index (κ2) is 5.39. The molecule has 1 aromatic carbocycles. The van der Waals surface area contributed by atoms with Crippen molar-refractivity contribution in [2.75, 3.05) is 26.3 Å². The summed E-state index contributed by atoms with van der Waals surface area (Å²) in [5, 5.41) is 3.56. The molecular formula is C15H22N2O2. The van der Waals surface area contributed by atoms with Crippen molar-refractivity contribution in [2.24, 2.45) is 17.6 Å². The minimum absolute atomic E-state index is 0.198. The Morgan fingerprint density at radius 2 is 2.05 bits per heavy atom. The number of nitrogens with two attached hydrogens (primary N) is 1. The van der Waals surface area contributed by atoms with E-state index in [2.05, 4.69) is 24.4 Å². The number of benzene rings is 1. The van der Waals surface area contributed by atoms with Gasteiger partial charge in [0.1, 0.15) is 13.2 Å². The molecule has 19 heavy (non-hydrogen) atoms. The van der Waals surface area contributed by atoms with Gasteiger partial charge in [-0.05, 0) is 42.5 Å². The first kappa shape index (κ1) is 12.8. The standard InChI is InChI=1S/C15H22N2O2/c1-10-6-12(10)9-17-13(8-16)11-2-3-14-15(7-11)19-5-4-18-14/h2-3,7,10,12-13,17H,4-6,8-9,16H2,1H3. The number of nitrogens with one attached hydrogen (secondary N) is 1. The summed E-state index contributed by atoms with van der Waals surface area (Å²) in [6.45, 7) is 5.20.